The predicted octanol–water partition coefficient (Wildman–Crippen LogP) is 3.16. The first kappa shape index (κ1) is 18.4. The summed E-state index contributed by atoms with van der Waals surface area (Å²) in [6, 6.07) is 5.19. The SMILES string of the molecule is CC(C)NCc1ccc(S(=O)(=O)NCC(C)(C)C)cc1Cl. The van der Waals surface area contributed by atoms with Crippen LogP contribution in [-0.2, 0) is 16.6 Å². The van der Waals surface area contributed by atoms with Gasteiger partial charge in [0, 0.05) is 24.2 Å². The first-order valence-corrected chi connectivity index (χ1v) is 8.89. The number of benzene rings is 1. The zero-order valence-corrected chi connectivity index (χ0v) is 14.9. The van der Waals surface area contributed by atoms with Crippen LogP contribution in [0.5, 0.6) is 0 Å². The Bertz CT molecular complexity index is 578. The Labute approximate surface area is 133 Å². The molecule has 0 fully saturated rings. The Morgan fingerprint density at radius 1 is 1.24 bits per heavy atom. The van der Waals surface area contributed by atoms with Gasteiger partial charge in [0.05, 0.1) is 4.90 Å². The molecule has 0 radical (unpaired) electrons. The summed E-state index contributed by atoms with van der Waals surface area (Å²) < 4.78 is 27.1. The lowest BCUT2D eigenvalue weighted by Crippen LogP contribution is -2.32. The first-order valence-electron chi connectivity index (χ1n) is 7.03. The van der Waals surface area contributed by atoms with Gasteiger partial charge in [-0.3, -0.25) is 0 Å². The molecule has 6 heteroatoms. The van der Waals surface area contributed by atoms with Crippen molar-refractivity contribution in [3.05, 3.63) is 28.8 Å². The van der Waals surface area contributed by atoms with Gasteiger partial charge in [-0.15, -0.1) is 0 Å². The van der Waals surface area contributed by atoms with Crippen LogP contribution in [-0.4, -0.2) is 21.0 Å². The van der Waals surface area contributed by atoms with Crippen LogP contribution in [0.25, 0.3) is 0 Å². The van der Waals surface area contributed by atoms with Crippen molar-refractivity contribution in [2.24, 2.45) is 5.41 Å². The number of sulfonamides is 1. The standard InChI is InChI=1S/C15H25ClN2O2S/c1-11(2)17-9-12-6-7-13(8-14(12)16)21(19,20)18-10-15(3,4)5/h6-8,11,17-18H,9-10H2,1-5H3. The molecule has 0 aromatic heterocycles. The second kappa shape index (κ2) is 7.09. The Morgan fingerprint density at radius 3 is 2.33 bits per heavy atom. The van der Waals surface area contributed by atoms with Gasteiger partial charge in [0.2, 0.25) is 10.0 Å². The smallest absolute Gasteiger partial charge is 0.240 e. The molecule has 0 aliphatic heterocycles. The largest absolute Gasteiger partial charge is 0.310 e. The average molecular weight is 333 g/mol. The summed E-state index contributed by atoms with van der Waals surface area (Å²) >= 11 is 6.18. The lowest BCUT2D eigenvalue weighted by atomic mass is 9.98. The molecule has 21 heavy (non-hydrogen) atoms. The third-order valence-corrected chi connectivity index (χ3v) is 4.58. The van der Waals surface area contributed by atoms with Crippen molar-refractivity contribution in [2.75, 3.05) is 6.54 Å². The molecule has 0 spiro atoms. The number of nitrogens with one attached hydrogen (secondary N) is 2. The first-order chi connectivity index (χ1) is 9.51. The highest BCUT2D eigenvalue weighted by Crippen LogP contribution is 2.21. The van der Waals surface area contributed by atoms with Crippen molar-refractivity contribution in [1.29, 1.82) is 0 Å². The quantitative estimate of drug-likeness (QED) is 0.841. The van der Waals surface area contributed by atoms with E-state index in [0.717, 1.165) is 5.56 Å². The maximum atomic E-state index is 12.2. The Hall–Kier alpha value is -0.620. The van der Waals surface area contributed by atoms with Gasteiger partial charge in [-0.05, 0) is 23.1 Å². The molecular formula is C15H25ClN2O2S. The Balaban J connectivity index is 2.87. The number of rotatable bonds is 6. The molecule has 2 N–H and O–H groups in total. The number of hydrogen-bond donors (Lipinski definition) is 2. The minimum Gasteiger partial charge on any atom is -0.310 e. The summed E-state index contributed by atoms with van der Waals surface area (Å²) in [6.07, 6.45) is 0. The van der Waals surface area contributed by atoms with Gasteiger partial charge in [0.15, 0.2) is 0 Å². The Kier molecular flexibility index (Phi) is 6.23. The summed E-state index contributed by atoms with van der Waals surface area (Å²) in [6.45, 7) is 11.0. The van der Waals surface area contributed by atoms with Gasteiger partial charge < -0.3 is 5.32 Å². The van der Waals surface area contributed by atoms with E-state index in [4.69, 9.17) is 11.6 Å². The van der Waals surface area contributed by atoms with Crippen LogP contribution in [0, 0.1) is 5.41 Å². The van der Waals surface area contributed by atoms with E-state index in [9.17, 15) is 8.42 Å². The molecule has 1 aromatic carbocycles. The van der Waals surface area contributed by atoms with E-state index >= 15 is 0 Å². The van der Waals surface area contributed by atoms with Crippen molar-refractivity contribution < 1.29 is 8.42 Å². The van der Waals surface area contributed by atoms with E-state index in [1.54, 1.807) is 12.1 Å². The van der Waals surface area contributed by atoms with Crippen LogP contribution in [0.2, 0.25) is 5.02 Å². The van der Waals surface area contributed by atoms with Gasteiger partial charge in [0.1, 0.15) is 0 Å². The third kappa shape index (κ3) is 6.34. The minimum absolute atomic E-state index is 0.113. The van der Waals surface area contributed by atoms with E-state index in [1.807, 2.05) is 34.6 Å². The molecule has 0 amide bonds. The summed E-state index contributed by atoms with van der Waals surface area (Å²) in [5, 5.41) is 3.72. The van der Waals surface area contributed by atoms with Crippen molar-refractivity contribution >= 4 is 21.6 Å². The second-order valence-corrected chi connectivity index (χ2v) is 8.85. The molecule has 0 atom stereocenters. The van der Waals surface area contributed by atoms with Gasteiger partial charge in [-0.2, -0.15) is 0 Å². The fraction of sp³-hybridized carbons (Fsp3) is 0.600. The van der Waals surface area contributed by atoms with Crippen LogP contribution in [0.1, 0.15) is 40.2 Å². The molecule has 0 unspecified atom stereocenters. The third-order valence-electron chi connectivity index (χ3n) is 2.83. The summed E-state index contributed by atoms with van der Waals surface area (Å²) in [4.78, 5) is 0.199. The van der Waals surface area contributed by atoms with Crippen LogP contribution in [0.3, 0.4) is 0 Å². The van der Waals surface area contributed by atoms with Crippen molar-refractivity contribution in [2.45, 2.75) is 52.1 Å². The van der Waals surface area contributed by atoms with Crippen molar-refractivity contribution in [3.8, 4) is 0 Å². The zero-order valence-electron chi connectivity index (χ0n) is 13.3. The molecule has 1 aromatic rings. The predicted molar refractivity (Wildman–Crippen MR) is 88.1 cm³/mol. The summed E-state index contributed by atoms with van der Waals surface area (Å²) in [5.74, 6) is 0. The van der Waals surface area contributed by atoms with Crippen LogP contribution in [0.4, 0.5) is 0 Å². The highest BCUT2D eigenvalue weighted by Gasteiger charge is 2.19. The molecule has 0 saturated carbocycles. The van der Waals surface area contributed by atoms with Gasteiger partial charge in [-0.25, -0.2) is 13.1 Å². The van der Waals surface area contributed by atoms with E-state index in [2.05, 4.69) is 10.0 Å². The molecule has 0 saturated heterocycles. The summed E-state index contributed by atoms with van der Waals surface area (Å²) in [5.41, 5.74) is 0.776. The molecule has 120 valence electrons. The van der Waals surface area contributed by atoms with Gasteiger partial charge in [-0.1, -0.05) is 52.3 Å². The summed E-state index contributed by atoms with van der Waals surface area (Å²) in [7, 11) is -3.52. The fourth-order valence-electron chi connectivity index (χ4n) is 1.55. The highest BCUT2D eigenvalue weighted by atomic mass is 35.5. The molecule has 1 rings (SSSR count). The number of halogens is 1. The normalized spacial score (nSPS) is 12.9. The minimum atomic E-state index is -3.52. The molecule has 0 bridgehead atoms. The second-order valence-electron chi connectivity index (χ2n) is 6.67. The van der Waals surface area contributed by atoms with E-state index < -0.39 is 10.0 Å². The van der Waals surface area contributed by atoms with Crippen molar-refractivity contribution in [3.63, 3.8) is 0 Å². The monoisotopic (exact) mass is 332 g/mol. The number of hydrogen-bond acceptors (Lipinski definition) is 3. The fourth-order valence-corrected chi connectivity index (χ4v) is 3.17. The molecule has 0 heterocycles. The molecular weight excluding hydrogens is 308 g/mol. The topological polar surface area (TPSA) is 58.2 Å². The van der Waals surface area contributed by atoms with E-state index in [-0.39, 0.29) is 10.3 Å². The van der Waals surface area contributed by atoms with Crippen LogP contribution >= 0.6 is 11.6 Å². The molecule has 4 nitrogen and oxygen atoms in total. The zero-order chi connectivity index (χ0) is 16.3. The molecule has 0 aliphatic carbocycles. The van der Waals surface area contributed by atoms with E-state index in [1.165, 1.54) is 6.07 Å². The van der Waals surface area contributed by atoms with Crippen LogP contribution in [0.15, 0.2) is 23.1 Å². The van der Waals surface area contributed by atoms with Crippen molar-refractivity contribution in [1.82, 2.24) is 10.0 Å². The van der Waals surface area contributed by atoms with Gasteiger partial charge in [0.25, 0.3) is 0 Å². The average Bonchev–Trinajstić information content (AvgIpc) is 2.34. The maximum Gasteiger partial charge on any atom is 0.240 e. The van der Waals surface area contributed by atoms with Gasteiger partial charge >= 0.3 is 0 Å². The Morgan fingerprint density at radius 2 is 1.86 bits per heavy atom. The lowest BCUT2D eigenvalue weighted by Gasteiger charge is -2.19. The van der Waals surface area contributed by atoms with Crippen LogP contribution < -0.4 is 10.0 Å². The van der Waals surface area contributed by atoms with E-state index in [0.29, 0.717) is 24.2 Å². The maximum absolute atomic E-state index is 12.2. The lowest BCUT2D eigenvalue weighted by molar-refractivity contribution is 0.407. The highest BCUT2D eigenvalue weighted by molar-refractivity contribution is 7.89. The molecule has 0 aliphatic rings.